The molecule has 0 atom stereocenters. The normalized spacial score (nSPS) is 11.0. The van der Waals surface area contributed by atoms with E-state index in [-0.39, 0.29) is 5.11 Å². The lowest BCUT2D eigenvalue weighted by Gasteiger charge is -2.13. The second-order valence-electron chi connectivity index (χ2n) is 5.11. The summed E-state index contributed by atoms with van der Waals surface area (Å²) in [5.74, 6) is 1.18. The van der Waals surface area contributed by atoms with Gasteiger partial charge < -0.3 is 24.8 Å². The van der Waals surface area contributed by atoms with Crippen molar-refractivity contribution in [1.82, 2.24) is 15.3 Å². The molecule has 2 N–H and O–H groups in total. The molecule has 0 amide bonds. The molecule has 0 aliphatic heterocycles. The lowest BCUT2D eigenvalue weighted by Crippen LogP contribution is -2.28. The van der Waals surface area contributed by atoms with Crippen molar-refractivity contribution in [3.8, 4) is 11.5 Å². The average Bonchev–Trinajstić information content (AvgIpc) is 2.60. The summed E-state index contributed by atoms with van der Waals surface area (Å²) in [6, 6.07) is 3.52. The number of rotatable bonds is 6. The number of carbonyl (C=O) groups excluding carboxylic acids is 1. The Kier molecular flexibility index (Phi) is 6.67. The van der Waals surface area contributed by atoms with Gasteiger partial charge in [0.25, 0.3) is 0 Å². The number of hydrogen-bond acceptors (Lipinski definition) is 7. The van der Waals surface area contributed by atoms with Crippen LogP contribution < -0.4 is 20.1 Å². The quantitative estimate of drug-likeness (QED) is 0.448. The van der Waals surface area contributed by atoms with Crippen LogP contribution in [-0.4, -0.2) is 41.9 Å². The highest BCUT2D eigenvalue weighted by Gasteiger charge is 2.12. The van der Waals surface area contributed by atoms with Crippen LogP contribution in [0, 0.1) is 0 Å². The minimum absolute atomic E-state index is 0.276. The van der Waals surface area contributed by atoms with Crippen LogP contribution in [-0.2, 0) is 9.53 Å². The number of ether oxygens (including phenoxy) is 3. The predicted molar refractivity (Wildman–Crippen MR) is 102 cm³/mol. The lowest BCUT2D eigenvalue weighted by molar-refractivity contribution is -0.137. The molecular formula is C17H20N4O4S. The van der Waals surface area contributed by atoms with Crippen molar-refractivity contribution in [2.75, 3.05) is 26.1 Å². The number of nitrogens with zero attached hydrogens (tertiary/aromatic N) is 2. The molecule has 0 spiro atoms. The molecule has 1 heterocycles. The topological polar surface area (TPSA) is 94.6 Å². The molecular weight excluding hydrogens is 356 g/mol. The number of aromatic nitrogens is 2. The first-order valence-corrected chi connectivity index (χ1v) is 8.19. The number of esters is 1. The zero-order valence-electron chi connectivity index (χ0n) is 15.0. The first-order valence-electron chi connectivity index (χ1n) is 7.78. The number of nitrogens with one attached hydrogen (secondary N) is 2. The molecule has 26 heavy (non-hydrogen) atoms. The molecule has 8 nitrogen and oxygen atoms in total. The molecule has 0 aliphatic rings. The summed E-state index contributed by atoms with van der Waals surface area (Å²) in [5, 5.41) is 6.87. The Hall–Kier alpha value is -2.94. The van der Waals surface area contributed by atoms with Gasteiger partial charge in [-0.15, -0.1) is 0 Å². The van der Waals surface area contributed by atoms with E-state index in [9.17, 15) is 4.79 Å². The molecule has 138 valence electrons. The molecule has 2 rings (SSSR count). The van der Waals surface area contributed by atoms with Crippen molar-refractivity contribution < 1.29 is 19.0 Å². The molecule has 9 heteroatoms. The SMILES string of the molecule is CCOC(=O)/C=C(\C)NC(=S)Nc1ncnc2cc(OC)c(OC)cc12. The minimum atomic E-state index is -0.440. The van der Waals surface area contributed by atoms with Gasteiger partial charge in [-0.1, -0.05) is 0 Å². The number of benzene rings is 1. The van der Waals surface area contributed by atoms with E-state index in [2.05, 4.69) is 20.6 Å². The maximum atomic E-state index is 11.5. The van der Waals surface area contributed by atoms with Gasteiger partial charge in [-0.2, -0.15) is 0 Å². The van der Waals surface area contributed by atoms with E-state index in [1.54, 1.807) is 40.2 Å². The summed E-state index contributed by atoms with van der Waals surface area (Å²) < 4.78 is 15.4. The van der Waals surface area contributed by atoms with Gasteiger partial charge >= 0.3 is 5.97 Å². The van der Waals surface area contributed by atoms with Gasteiger partial charge in [-0.25, -0.2) is 14.8 Å². The summed E-state index contributed by atoms with van der Waals surface area (Å²) in [5.41, 5.74) is 1.21. The van der Waals surface area contributed by atoms with Crippen LogP contribution in [0.3, 0.4) is 0 Å². The highest BCUT2D eigenvalue weighted by molar-refractivity contribution is 7.80. The van der Waals surface area contributed by atoms with E-state index >= 15 is 0 Å². The predicted octanol–water partition coefficient (Wildman–Crippen LogP) is 2.40. The Morgan fingerprint density at radius 2 is 1.92 bits per heavy atom. The van der Waals surface area contributed by atoms with Crippen LogP contribution in [0.15, 0.2) is 30.2 Å². The summed E-state index contributed by atoms with van der Waals surface area (Å²) >= 11 is 5.27. The molecule has 1 aromatic heterocycles. The van der Waals surface area contributed by atoms with Crippen LogP contribution in [0.2, 0.25) is 0 Å². The zero-order valence-corrected chi connectivity index (χ0v) is 15.8. The Bertz CT molecular complexity index is 854. The third-order valence-electron chi connectivity index (χ3n) is 3.30. The van der Waals surface area contributed by atoms with Crippen molar-refractivity contribution in [2.24, 2.45) is 0 Å². The highest BCUT2D eigenvalue weighted by atomic mass is 32.1. The summed E-state index contributed by atoms with van der Waals surface area (Å²) in [6.07, 6.45) is 2.74. The van der Waals surface area contributed by atoms with Crippen molar-refractivity contribution >= 4 is 40.0 Å². The summed E-state index contributed by atoms with van der Waals surface area (Å²) in [6.45, 7) is 3.75. The smallest absolute Gasteiger partial charge is 0.332 e. The number of fused-ring (bicyclic) bond motifs is 1. The van der Waals surface area contributed by atoms with E-state index < -0.39 is 5.97 Å². The number of methoxy groups -OCH3 is 2. The van der Waals surface area contributed by atoms with Gasteiger partial charge in [-0.3, -0.25) is 0 Å². The molecule has 0 saturated heterocycles. The van der Waals surface area contributed by atoms with E-state index in [0.29, 0.717) is 40.5 Å². The van der Waals surface area contributed by atoms with Gasteiger partial charge in [0.2, 0.25) is 0 Å². The van der Waals surface area contributed by atoms with Crippen LogP contribution in [0.25, 0.3) is 10.9 Å². The van der Waals surface area contributed by atoms with Crippen LogP contribution in [0.1, 0.15) is 13.8 Å². The first kappa shape index (κ1) is 19.4. The molecule has 0 saturated carbocycles. The average molecular weight is 376 g/mol. The van der Waals surface area contributed by atoms with Gasteiger partial charge in [-0.05, 0) is 32.1 Å². The second-order valence-corrected chi connectivity index (χ2v) is 5.51. The Morgan fingerprint density at radius 1 is 1.23 bits per heavy atom. The summed E-state index contributed by atoms with van der Waals surface area (Å²) in [7, 11) is 3.11. The monoisotopic (exact) mass is 376 g/mol. The number of carbonyl (C=O) groups is 1. The van der Waals surface area contributed by atoms with Crippen molar-refractivity contribution in [2.45, 2.75) is 13.8 Å². The standard InChI is InChI=1S/C17H20N4O4S/c1-5-25-15(22)6-10(2)20-17(26)21-16-11-7-13(23-3)14(24-4)8-12(11)18-9-19-16/h6-9H,5H2,1-4H3,(H2,18,19,20,21,26)/b10-6+. The van der Waals surface area contributed by atoms with Crippen molar-refractivity contribution in [3.63, 3.8) is 0 Å². The molecule has 1 aromatic carbocycles. The third kappa shape index (κ3) is 4.79. The maximum Gasteiger partial charge on any atom is 0.332 e. The van der Waals surface area contributed by atoms with Gasteiger partial charge in [0.05, 0.1) is 26.3 Å². The minimum Gasteiger partial charge on any atom is -0.493 e. The van der Waals surface area contributed by atoms with E-state index in [1.165, 1.54) is 12.4 Å². The third-order valence-corrected chi connectivity index (χ3v) is 3.51. The fourth-order valence-corrected chi connectivity index (χ4v) is 2.46. The van der Waals surface area contributed by atoms with E-state index in [4.69, 9.17) is 26.4 Å². The highest BCUT2D eigenvalue weighted by Crippen LogP contribution is 2.33. The van der Waals surface area contributed by atoms with Gasteiger partial charge in [0, 0.05) is 23.2 Å². The number of thiocarbonyl (C=S) groups is 1. The molecule has 0 radical (unpaired) electrons. The number of hydrogen-bond donors (Lipinski definition) is 2. The number of allylic oxidation sites excluding steroid dienone is 1. The maximum absolute atomic E-state index is 11.5. The lowest BCUT2D eigenvalue weighted by atomic mass is 10.2. The van der Waals surface area contributed by atoms with Gasteiger partial charge in [0.15, 0.2) is 16.6 Å². The van der Waals surface area contributed by atoms with Crippen LogP contribution >= 0.6 is 12.2 Å². The Labute approximate surface area is 156 Å². The first-order chi connectivity index (χ1) is 12.5. The van der Waals surface area contributed by atoms with E-state index in [1.807, 2.05) is 0 Å². The molecule has 0 aliphatic carbocycles. The van der Waals surface area contributed by atoms with Crippen LogP contribution in [0.5, 0.6) is 11.5 Å². The number of anilines is 1. The fourth-order valence-electron chi connectivity index (χ4n) is 2.20. The van der Waals surface area contributed by atoms with Crippen LogP contribution in [0.4, 0.5) is 5.82 Å². The molecule has 0 bridgehead atoms. The van der Waals surface area contributed by atoms with Crippen molar-refractivity contribution in [3.05, 3.63) is 30.2 Å². The van der Waals surface area contributed by atoms with E-state index in [0.717, 1.165) is 0 Å². The Morgan fingerprint density at radius 3 is 2.58 bits per heavy atom. The summed E-state index contributed by atoms with van der Waals surface area (Å²) in [4.78, 5) is 19.9. The Balaban J connectivity index is 2.22. The second kappa shape index (κ2) is 8.95. The molecule has 2 aromatic rings. The molecule has 0 unspecified atom stereocenters. The largest absolute Gasteiger partial charge is 0.493 e. The molecule has 0 fully saturated rings. The van der Waals surface area contributed by atoms with Gasteiger partial charge in [0.1, 0.15) is 12.1 Å². The zero-order chi connectivity index (χ0) is 19.1. The fraction of sp³-hybridized carbons (Fsp3) is 0.294. The van der Waals surface area contributed by atoms with Crippen molar-refractivity contribution in [1.29, 1.82) is 0 Å².